The molecule has 1 atom stereocenters. The molecule has 12 heavy (non-hydrogen) atoms. The predicted octanol–water partition coefficient (Wildman–Crippen LogP) is 2.33. The standard InChI is InChI=1S/C9H15F2N/c10-9(11,7-12)6-8-4-2-1-3-5-8/h1-2,8H,3-7,12H2. The highest BCUT2D eigenvalue weighted by atomic mass is 19.3. The minimum absolute atomic E-state index is 0.0478. The molecule has 70 valence electrons. The smallest absolute Gasteiger partial charge is 0.260 e. The monoisotopic (exact) mass is 175 g/mol. The zero-order valence-electron chi connectivity index (χ0n) is 7.10. The van der Waals surface area contributed by atoms with Gasteiger partial charge >= 0.3 is 0 Å². The molecule has 0 heterocycles. The number of halogens is 2. The summed E-state index contributed by atoms with van der Waals surface area (Å²) in [6.45, 7) is -0.521. The molecule has 0 saturated heterocycles. The molecule has 0 radical (unpaired) electrons. The maximum atomic E-state index is 12.8. The second-order valence-electron chi connectivity index (χ2n) is 3.41. The second-order valence-corrected chi connectivity index (χ2v) is 3.41. The van der Waals surface area contributed by atoms with Crippen LogP contribution < -0.4 is 5.73 Å². The van der Waals surface area contributed by atoms with Crippen molar-refractivity contribution in [2.75, 3.05) is 6.54 Å². The lowest BCUT2D eigenvalue weighted by molar-refractivity contribution is -0.0147. The molecule has 1 unspecified atom stereocenters. The van der Waals surface area contributed by atoms with E-state index in [0.29, 0.717) is 0 Å². The van der Waals surface area contributed by atoms with Crippen molar-refractivity contribution >= 4 is 0 Å². The average molecular weight is 175 g/mol. The van der Waals surface area contributed by atoms with Crippen molar-refractivity contribution < 1.29 is 8.78 Å². The molecule has 0 bridgehead atoms. The van der Waals surface area contributed by atoms with E-state index < -0.39 is 12.5 Å². The van der Waals surface area contributed by atoms with Crippen LogP contribution in [0.2, 0.25) is 0 Å². The molecule has 3 heteroatoms. The zero-order valence-corrected chi connectivity index (χ0v) is 7.10. The van der Waals surface area contributed by atoms with Crippen LogP contribution in [-0.4, -0.2) is 12.5 Å². The first-order valence-corrected chi connectivity index (χ1v) is 4.37. The Balaban J connectivity index is 2.35. The normalized spacial score (nSPS) is 24.4. The Hall–Kier alpha value is -0.440. The van der Waals surface area contributed by atoms with Crippen molar-refractivity contribution in [1.29, 1.82) is 0 Å². The van der Waals surface area contributed by atoms with E-state index in [1.54, 1.807) is 0 Å². The van der Waals surface area contributed by atoms with Crippen LogP contribution in [0.3, 0.4) is 0 Å². The van der Waals surface area contributed by atoms with Gasteiger partial charge in [-0.1, -0.05) is 12.2 Å². The third-order valence-corrected chi connectivity index (χ3v) is 2.26. The molecular weight excluding hydrogens is 160 g/mol. The molecule has 0 spiro atoms. The maximum absolute atomic E-state index is 12.8. The van der Waals surface area contributed by atoms with E-state index >= 15 is 0 Å². The van der Waals surface area contributed by atoms with Crippen molar-refractivity contribution in [1.82, 2.24) is 0 Å². The van der Waals surface area contributed by atoms with Gasteiger partial charge in [0.1, 0.15) is 0 Å². The topological polar surface area (TPSA) is 26.0 Å². The van der Waals surface area contributed by atoms with E-state index in [1.165, 1.54) is 0 Å². The van der Waals surface area contributed by atoms with Gasteiger partial charge in [-0.15, -0.1) is 0 Å². The molecule has 1 aliphatic rings. The van der Waals surface area contributed by atoms with Crippen LogP contribution in [0.1, 0.15) is 25.7 Å². The average Bonchev–Trinajstić information content (AvgIpc) is 2.06. The summed E-state index contributed by atoms with van der Waals surface area (Å²) in [7, 11) is 0. The van der Waals surface area contributed by atoms with Gasteiger partial charge in [-0.25, -0.2) is 8.78 Å². The minimum atomic E-state index is -2.66. The summed E-state index contributed by atoms with van der Waals surface area (Å²) < 4.78 is 25.6. The zero-order chi connectivity index (χ0) is 9.03. The summed E-state index contributed by atoms with van der Waals surface area (Å²) in [4.78, 5) is 0. The van der Waals surface area contributed by atoms with Crippen LogP contribution in [0.15, 0.2) is 12.2 Å². The molecule has 0 aromatic rings. The summed E-state index contributed by atoms with van der Waals surface area (Å²) in [5.74, 6) is -2.52. The number of nitrogens with two attached hydrogens (primary N) is 1. The Morgan fingerprint density at radius 3 is 2.67 bits per heavy atom. The Bertz CT molecular complexity index is 166. The molecule has 2 N–H and O–H groups in total. The summed E-state index contributed by atoms with van der Waals surface area (Å²) >= 11 is 0. The van der Waals surface area contributed by atoms with Gasteiger partial charge in [-0.3, -0.25) is 0 Å². The fourth-order valence-corrected chi connectivity index (χ4v) is 1.55. The van der Waals surface area contributed by atoms with E-state index in [9.17, 15) is 8.78 Å². The molecule has 0 fully saturated rings. The van der Waals surface area contributed by atoms with E-state index in [0.717, 1.165) is 19.3 Å². The van der Waals surface area contributed by atoms with Gasteiger partial charge in [0.15, 0.2) is 0 Å². The van der Waals surface area contributed by atoms with Gasteiger partial charge in [-0.2, -0.15) is 0 Å². The summed E-state index contributed by atoms with van der Waals surface area (Å²) in [5.41, 5.74) is 4.96. The number of hydrogen-bond acceptors (Lipinski definition) is 1. The fraction of sp³-hybridized carbons (Fsp3) is 0.778. The first kappa shape index (κ1) is 9.65. The number of hydrogen-bond donors (Lipinski definition) is 1. The van der Waals surface area contributed by atoms with Crippen LogP contribution in [0.25, 0.3) is 0 Å². The van der Waals surface area contributed by atoms with Crippen molar-refractivity contribution in [2.45, 2.75) is 31.6 Å². The highest BCUT2D eigenvalue weighted by Crippen LogP contribution is 2.29. The van der Waals surface area contributed by atoms with Crippen LogP contribution in [0.4, 0.5) is 8.78 Å². The molecule has 0 saturated carbocycles. The highest BCUT2D eigenvalue weighted by Gasteiger charge is 2.30. The Labute approximate surface area is 71.6 Å². The van der Waals surface area contributed by atoms with E-state index in [-0.39, 0.29) is 12.3 Å². The van der Waals surface area contributed by atoms with E-state index in [4.69, 9.17) is 5.73 Å². The Kier molecular flexibility index (Phi) is 3.20. The SMILES string of the molecule is NCC(F)(F)CC1CC=CCC1. The van der Waals surface area contributed by atoms with Gasteiger partial charge in [-0.05, 0) is 25.2 Å². The third kappa shape index (κ3) is 2.89. The number of rotatable bonds is 3. The fourth-order valence-electron chi connectivity index (χ4n) is 1.55. The molecule has 1 rings (SSSR count). The van der Waals surface area contributed by atoms with E-state index in [2.05, 4.69) is 6.08 Å². The van der Waals surface area contributed by atoms with Gasteiger partial charge in [0, 0.05) is 6.42 Å². The largest absolute Gasteiger partial charge is 0.325 e. The first-order valence-electron chi connectivity index (χ1n) is 4.37. The predicted molar refractivity (Wildman–Crippen MR) is 45.1 cm³/mol. The highest BCUT2D eigenvalue weighted by molar-refractivity contribution is 4.91. The number of alkyl halides is 2. The molecule has 1 aliphatic carbocycles. The Morgan fingerprint density at radius 1 is 1.42 bits per heavy atom. The summed E-state index contributed by atoms with van der Waals surface area (Å²) in [5, 5.41) is 0. The third-order valence-electron chi connectivity index (χ3n) is 2.26. The van der Waals surface area contributed by atoms with Crippen molar-refractivity contribution in [3.8, 4) is 0 Å². The van der Waals surface area contributed by atoms with Crippen LogP contribution in [0.5, 0.6) is 0 Å². The first-order chi connectivity index (χ1) is 5.64. The van der Waals surface area contributed by atoms with Crippen LogP contribution >= 0.6 is 0 Å². The lowest BCUT2D eigenvalue weighted by atomic mass is 9.89. The second kappa shape index (κ2) is 3.99. The van der Waals surface area contributed by atoms with Crippen LogP contribution in [-0.2, 0) is 0 Å². The molecule has 0 aromatic carbocycles. The lowest BCUT2D eigenvalue weighted by Crippen LogP contribution is -2.30. The molecule has 0 aromatic heterocycles. The molecule has 0 aliphatic heterocycles. The van der Waals surface area contributed by atoms with Crippen LogP contribution in [0, 0.1) is 5.92 Å². The van der Waals surface area contributed by atoms with Gasteiger partial charge in [0.2, 0.25) is 0 Å². The van der Waals surface area contributed by atoms with Crippen molar-refractivity contribution in [3.05, 3.63) is 12.2 Å². The molecule has 0 amide bonds. The van der Waals surface area contributed by atoms with E-state index in [1.807, 2.05) is 6.08 Å². The molecule has 1 nitrogen and oxygen atoms in total. The summed E-state index contributed by atoms with van der Waals surface area (Å²) in [6.07, 6.45) is 6.60. The molecular formula is C9H15F2N. The lowest BCUT2D eigenvalue weighted by Gasteiger charge is -2.22. The van der Waals surface area contributed by atoms with Gasteiger partial charge in [0.25, 0.3) is 5.92 Å². The van der Waals surface area contributed by atoms with Gasteiger partial charge in [0.05, 0.1) is 6.54 Å². The van der Waals surface area contributed by atoms with Gasteiger partial charge < -0.3 is 5.73 Å². The van der Waals surface area contributed by atoms with Crippen molar-refractivity contribution in [2.24, 2.45) is 11.7 Å². The Morgan fingerprint density at radius 2 is 2.17 bits per heavy atom. The maximum Gasteiger partial charge on any atom is 0.260 e. The quantitative estimate of drug-likeness (QED) is 0.654. The summed E-state index contributed by atoms with van der Waals surface area (Å²) in [6, 6.07) is 0. The minimum Gasteiger partial charge on any atom is -0.325 e. The van der Waals surface area contributed by atoms with Crippen molar-refractivity contribution in [3.63, 3.8) is 0 Å². The number of allylic oxidation sites excluding steroid dienone is 2.